The average Bonchev–Trinajstić information content (AvgIpc) is 2.80. The number of carbonyl (C=O) groups excluding carboxylic acids is 2. The summed E-state index contributed by atoms with van der Waals surface area (Å²) in [5.74, 6) is -1.30. The summed E-state index contributed by atoms with van der Waals surface area (Å²) < 4.78 is 32.6. The Balaban J connectivity index is 1.75. The van der Waals surface area contributed by atoms with Crippen molar-refractivity contribution in [1.29, 1.82) is 0 Å². The number of carbonyl (C=O) groups is 2. The molecule has 0 aliphatic carbocycles. The fraction of sp³-hybridized carbons (Fsp3) is 0.130. The molecule has 0 radical (unpaired) electrons. The lowest BCUT2D eigenvalue weighted by Crippen LogP contribution is -2.30. The van der Waals surface area contributed by atoms with E-state index < -0.39 is 28.5 Å². The SMILES string of the molecule is CCN(c1ccccc1)S(=O)(=O)c1ccc(Cl)c(NC(=O)COC(=O)c2ccccc2)c1. The van der Waals surface area contributed by atoms with Gasteiger partial charge in [-0.2, -0.15) is 0 Å². The van der Waals surface area contributed by atoms with Crippen LogP contribution in [-0.4, -0.2) is 33.4 Å². The summed E-state index contributed by atoms with van der Waals surface area (Å²) in [6, 6.07) is 21.0. The number of benzene rings is 3. The highest BCUT2D eigenvalue weighted by Gasteiger charge is 2.24. The van der Waals surface area contributed by atoms with E-state index in [1.54, 1.807) is 67.6 Å². The number of sulfonamides is 1. The van der Waals surface area contributed by atoms with Crippen molar-refractivity contribution in [3.05, 3.63) is 89.4 Å². The largest absolute Gasteiger partial charge is 0.452 e. The Morgan fingerprint density at radius 3 is 2.22 bits per heavy atom. The minimum absolute atomic E-state index is 0.0378. The average molecular weight is 473 g/mol. The third-order valence-corrected chi connectivity index (χ3v) is 6.70. The van der Waals surface area contributed by atoms with Gasteiger partial charge >= 0.3 is 5.97 Å². The zero-order valence-corrected chi connectivity index (χ0v) is 18.8. The first-order valence-electron chi connectivity index (χ1n) is 9.72. The molecule has 7 nitrogen and oxygen atoms in total. The molecular weight excluding hydrogens is 452 g/mol. The number of ether oxygens (including phenoxy) is 1. The van der Waals surface area contributed by atoms with Crippen molar-refractivity contribution >= 4 is 44.9 Å². The lowest BCUT2D eigenvalue weighted by Gasteiger charge is -2.23. The van der Waals surface area contributed by atoms with Crippen molar-refractivity contribution in [3.8, 4) is 0 Å². The number of para-hydroxylation sites is 1. The fourth-order valence-electron chi connectivity index (χ4n) is 2.95. The first-order valence-corrected chi connectivity index (χ1v) is 11.5. The molecule has 0 saturated heterocycles. The molecule has 0 unspecified atom stereocenters. The maximum atomic E-state index is 13.2. The Kier molecular flexibility index (Phi) is 7.50. The van der Waals surface area contributed by atoms with Crippen molar-refractivity contribution in [2.75, 3.05) is 22.8 Å². The minimum atomic E-state index is -3.90. The van der Waals surface area contributed by atoms with Gasteiger partial charge in [0.25, 0.3) is 15.9 Å². The highest BCUT2D eigenvalue weighted by atomic mass is 35.5. The van der Waals surface area contributed by atoms with Crippen LogP contribution < -0.4 is 9.62 Å². The van der Waals surface area contributed by atoms with Crippen LogP contribution >= 0.6 is 11.6 Å². The molecule has 0 atom stereocenters. The van der Waals surface area contributed by atoms with E-state index in [1.165, 1.54) is 22.5 Å². The Labute approximate surface area is 191 Å². The second-order valence-corrected chi connectivity index (χ2v) is 8.91. The van der Waals surface area contributed by atoms with Crippen LogP contribution in [0.1, 0.15) is 17.3 Å². The molecule has 1 amide bonds. The van der Waals surface area contributed by atoms with Crippen LogP contribution in [-0.2, 0) is 19.6 Å². The highest BCUT2D eigenvalue weighted by Crippen LogP contribution is 2.29. The number of amides is 1. The molecule has 0 heterocycles. The molecule has 0 aliphatic heterocycles. The van der Waals surface area contributed by atoms with Crippen LogP contribution in [0, 0.1) is 0 Å². The smallest absolute Gasteiger partial charge is 0.338 e. The number of rotatable bonds is 8. The first-order chi connectivity index (χ1) is 15.3. The van der Waals surface area contributed by atoms with Gasteiger partial charge in [0, 0.05) is 6.54 Å². The fourth-order valence-corrected chi connectivity index (χ4v) is 4.61. The normalized spacial score (nSPS) is 10.9. The highest BCUT2D eigenvalue weighted by molar-refractivity contribution is 7.92. The van der Waals surface area contributed by atoms with Crippen LogP contribution in [0.25, 0.3) is 0 Å². The Morgan fingerprint density at radius 1 is 0.969 bits per heavy atom. The quantitative estimate of drug-likeness (QED) is 0.492. The molecule has 3 aromatic carbocycles. The van der Waals surface area contributed by atoms with Crippen LogP contribution in [0.3, 0.4) is 0 Å². The third kappa shape index (κ3) is 5.46. The number of nitrogens with one attached hydrogen (secondary N) is 1. The van der Waals surface area contributed by atoms with E-state index in [2.05, 4.69) is 5.32 Å². The number of halogens is 1. The third-order valence-electron chi connectivity index (χ3n) is 4.48. The van der Waals surface area contributed by atoms with Crippen molar-refractivity contribution in [2.24, 2.45) is 0 Å². The van der Waals surface area contributed by atoms with Gasteiger partial charge < -0.3 is 10.1 Å². The molecule has 166 valence electrons. The van der Waals surface area contributed by atoms with Crippen LogP contribution in [0.15, 0.2) is 83.8 Å². The minimum Gasteiger partial charge on any atom is -0.452 e. The van der Waals surface area contributed by atoms with Gasteiger partial charge in [-0.3, -0.25) is 9.10 Å². The standard InChI is InChI=1S/C23H21ClN2O5S/c1-2-26(18-11-7-4-8-12-18)32(29,30)19-13-14-20(24)21(15-19)25-22(27)16-31-23(28)17-9-5-3-6-10-17/h3-15H,2,16H2,1H3,(H,25,27). The van der Waals surface area contributed by atoms with Crippen LogP contribution in [0.5, 0.6) is 0 Å². The number of esters is 1. The Hall–Kier alpha value is -3.36. The first kappa shape index (κ1) is 23.3. The van der Waals surface area contributed by atoms with E-state index >= 15 is 0 Å². The molecule has 9 heteroatoms. The molecule has 32 heavy (non-hydrogen) atoms. The maximum absolute atomic E-state index is 13.2. The molecule has 0 fully saturated rings. The summed E-state index contributed by atoms with van der Waals surface area (Å²) in [7, 11) is -3.90. The van der Waals surface area contributed by atoms with Gasteiger partial charge in [-0.25, -0.2) is 13.2 Å². The number of hydrogen-bond donors (Lipinski definition) is 1. The molecule has 3 aromatic rings. The van der Waals surface area contributed by atoms with Crippen LogP contribution in [0.4, 0.5) is 11.4 Å². The zero-order valence-electron chi connectivity index (χ0n) is 17.2. The molecule has 0 spiro atoms. The van der Waals surface area contributed by atoms with Gasteiger partial charge in [0.2, 0.25) is 0 Å². The molecular formula is C23H21ClN2O5S. The predicted octanol–water partition coefficient (Wildman–Crippen LogP) is 4.35. The monoisotopic (exact) mass is 472 g/mol. The van der Waals surface area contributed by atoms with Crippen molar-refractivity contribution in [1.82, 2.24) is 0 Å². The second kappa shape index (κ2) is 10.3. The summed E-state index contributed by atoms with van der Waals surface area (Å²) >= 11 is 6.15. The summed E-state index contributed by atoms with van der Waals surface area (Å²) in [4.78, 5) is 24.2. The second-order valence-electron chi connectivity index (χ2n) is 6.64. The lowest BCUT2D eigenvalue weighted by atomic mass is 10.2. The van der Waals surface area contributed by atoms with E-state index in [4.69, 9.17) is 16.3 Å². The van der Waals surface area contributed by atoms with E-state index in [1.807, 2.05) is 0 Å². The van der Waals surface area contributed by atoms with Crippen molar-refractivity contribution in [3.63, 3.8) is 0 Å². The Bertz CT molecular complexity index is 1200. The lowest BCUT2D eigenvalue weighted by molar-refractivity contribution is -0.119. The number of nitrogens with zero attached hydrogens (tertiary/aromatic N) is 1. The predicted molar refractivity (Wildman–Crippen MR) is 123 cm³/mol. The number of anilines is 2. The molecule has 0 aliphatic rings. The Morgan fingerprint density at radius 2 is 1.59 bits per heavy atom. The molecule has 1 N–H and O–H groups in total. The maximum Gasteiger partial charge on any atom is 0.338 e. The van der Waals surface area contributed by atoms with Gasteiger partial charge in [0.1, 0.15) is 0 Å². The van der Waals surface area contributed by atoms with Crippen LogP contribution in [0.2, 0.25) is 5.02 Å². The van der Waals surface area contributed by atoms with Crippen molar-refractivity contribution in [2.45, 2.75) is 11.8 Å². The van der Waals surface area contributed by atoms with Gasteiger partial charge in [-0.1, -0.05) is 48.0 Å². The van der Waals surface area contributed by atoms with Gasteiger partial charge in [-0.15, -0.1) is 0 Å². The van der Waals surface area contributed by atoms with E-state index in [0.717, 1.165) is 0 Å². The van der Waals surface area contributed by atoms with Crippen molar-refractivity contribution < 1.29 is 22.7 Å². The summed E-state index contributed by atoms with van der Waals surface area (Å²) in [6.07, 6.45) is 0. The van der Waals surface area contributed by atoms with E-state index in [-0.39, 0.29) is 22.2 Å². The summed E-state index contributed by atoms with van der Waals surface area (Å²) in [6.45, 7) is 1.39. The topological polar surface area (TPSA) is 92.8 Å². The molecule has 3 rings (SSSR count). The summed E-state index contributed by atoms with van der Waals surface area (Å²) in [5.41, 5.74) is 0.924. The zero-order chi connectivity index (χ0) is 23.1. The van der Waals surface area contributed by atoms with Gasteiger partial charge in [-0.05, 0) is 49.4 Å². The van der Waals surface area contributed by atoms with E-state index in [9.17, 15) is 18.0 Å². The van der Waals surface area contributed by atoms with E-state index in [0.29, 0.717) is 11.3 Å². The molecule has 0 bridgehead atoms. The molecule has 0 aromatic heterocycles. The summed E-state index contributed by atoms with van der Waals surface area (Å²) in [5, 5.41) is 2.64. The van der Waals surface area contributed by atoms with Gasteiger partial charge in [0.05, 0.1) is 26.9 Å². The number of hydrogen-bond acceptors (Lipinski definition) is 5. The van der Waals surface area contributed by atoms with Gasteiger partial charge in [0.15, 0.2) is 6.61 Å². The molecule has 0 saturated carbocycles.